The van der Waals surface area contributed by atoms with Gasteiger partial charge in [-0.05, 0) is 33.5 Å². The predicted octanol–water partition coefficient (Wildman–Crippen LogP) is 0.149. The maximum absolute atomic E-state index is 11.9. The van der Waals surface area contributed by atoms with Gasteiger partial charge in [-0.1, -0.05) is 6.92 Å². The molecular formula is C11H23N3O. The van der Waals surface area contributed by atoms with Gasteiger partial charge < -0.3 is 15.1 Å². The van der Waals surface area contributed by atoms with Crippen LogP contribution in [-0.2, 0) is 4.79 Å². The summed E-state index contributed by atoms with van der Waals surface area (Å²) >= 11 is 0. The molecule has 88 valence electrons. The Morgan fingerprint density at radius 1 is 1.47 bits per heavy atom. The van der Waals surface area contributed by atoms with Crippen LogP contribution in [-0.4, -0.2) is 61.5 Å². The number of carbonyl (C=O) groups excluding carboxylic acids is 1. The Balaban J connectivity index is 2.47. The van der Waals surface area contributed by atoms with Gasteiger partial charge in [0.15, 0.2) is 0 Å². The smallest absolute Gasteiger partial charge is 0.236 e. The normalized spacial score (nSPS) is 23.9. The van der Waals surface area contributed by atoms with Crippen LogP contribution < -0.4 is 5.32 Å². The average molecular weight is 213 g/mol. The van der Waals surface area contributed by atoms with Crippen molar-refractivity contribution in [1.82, 2.24) is 15.1 Å². The lowest BCUT2D eigenvalue weighted by molar-refractivity contribution is -0.132. The van der Waals surface area contributed by atoms with Crippen molar-refractivity contribution in [3.63, 3.8) is 0 Å². The lowest BCUT2D eigenvalue weighted by atomic mass is 10.2. The van der Waals surface area contributed by atoms with Crippen LogP contribution in [0.5, 0.6) is 0 Å². The van der Waals surface area contributed by atoms with Crippen LogP contribution in [0.3, 0.4) is 0 Å². The van der Waals surface area contributed by atoms with E-state index >= 15 is 0 Å². The van der Waals surface area contributed by atoms with Gasteiger partial charge in [-0.15, -0.1) is 0 Å². The Bertz CT molecular complexity index is 208. The van der Waals surface area contributed by atoms with E-state index in [4.69, 9.17) is 0 Å². The summed E-state index contributed by atoms with van der Waals surface area (Å²) < 4.78 is 0. The quantitative estimate of drug-likeness (QED) is 0.725. The third-order valence-corrected chi connectivity index (χ3v) is 2.89. The third-order valence-electron chi connectivity index (χ3n) is 2.89. The molecule has 0 aromatic heterocycles. The van der Waals surface area contributed by atoms with Gasteiger partial charge >= 0.3 is 0 Å². The Labute approximate surface area is 92.6 Å². The highest BCUT2D eigenvalue weighted by Crippen LogP contribution is 2.08. The molecule has 0 spiro atoms. The number of rotatable bonds is 3. The monoisotopic (exact) mass is 213 g/mol. The number of likely N-dealkylation sites (N-methyl/N-ethyl adjacent to an activating group) is 2. The zero-order valence-electron chi connectivity index (χ0n) is 10.1. The van der Waals surface area contributed by atoms with Crippen molar-refractivity contribution >= 4 is 5.91 Å². The fraction of sp³-hybridized carbons (Fsp3) is 0.909. The summed E-state index contributed by atoms with van der Waals surface area (Å²) in [5, 5.41) is 3.09. The van der Waals surface area contributed by atoms with E-state index in [1.807, 2.05) is 11.8 Å². The Morgan fingerprint density at radius 2 is 2.20 bits per heavy atom. The molecule has 0 bridgehead atoms. The molecule has 1 aliphatic rings. The van der Waals surface area contributed by atoms with Crippen molar-refractivity contribution < 1.29 is 4.79 Å². The Morgan fingerprint density at radius 3 is 2.87 bits per heavy atom. The van der Waals surface area contributed by atoms with Crippen LogP contribution in [0, 0.1) is 0 Å². The van der Waals surface area contributed by atoms with Gasteiger partial charge in [0.1, 0.15) is 0 Å². The molecule has 0 aromatic carbocycles. The maximum Gasteiger partial charge on any atom is 0.236 e. The summed E-state index contributed by atoms with van der Waals surface area (Å²) in [5.41, 5.74) is 0. The molecule has 0 aliphatic carbocycles. The number of hydrogen-bond donors (Lipinski definition) is 1. The minimum absolute atomic E-state index is 0.236. The molecule has 1 aliphatic heterocycles. The second-order valence-electron chi connectivity index (χ2n) is 4.33. The number of amides is 1. The topological polar surface area (TPSA) is 35.6 Å². The number of nitrogens with zero attached hydrogens (tertiary/aromatic N) is 2. The zero-order valence-corrected chi connectivity index (χ0v) is 10.1. The summed E-state index contributed by atoms with van der Waals surface area (Å²) in [6, 6.07) is 0.337. The van der Waals surface area contributed by atoms with E-state index in [9.17, 15) is 4.79 Å². The highest BCUT2D eigenvalue weighted by molar-refractivity contribution is 5.78. The molecular weight excluding hydrogens is 190 g/mol. The summed E-state index contributed by atoms with van der Waals surface area (Å²) in [5.74, 6) is 0.236. The first-order valence-electron chi connectivity index (χ1n) is 5.84. The molecule has 1 fully saturated rings. The van der Waals surface area contributed by atoms with E-state index in [1.165, 1.54) is 0 Å². The molecule has 0 aromatic rings. The summed E-state index contributed by atoms with van der Waals surface area (Å²) in [7, 11) is 2.12. The van der Waals surface area contributed by atoms with Gasteiger partial charge in [0, 0.05) is 19.1 Å². The van der Waals surface area contributed by atoms with E-state index in [1.54, 1.807) is 0 Å². The zero-order chi connectivity index (χ0) is 11.3. The van der Waals surface area contributed by atoms with Crippen molar-refractivity contribution in [3.05, 3.63) is 0 Å². The van der Waals surface area contributed by atoms with Gasteiger partial charge in [0.05, 0.1) is 6.54 Å². The molecule has 0 radical (unpaired) electrons. The first-order chi connectivity index (χ1) is 7.15. The van der Waals surface area contributed by atoms with Crippen molar-refractivity contribution in [2.75, 3.05) is 39.8 Å². The SMILES string of the molecule is CCNCC(=O)N1CCCN(C)CC1C. The van der Waals surface area contributed by atoms with Gasteiger partial charge in [-0.3, -0.25) is 4.79 Å². The Hall–Kier alpha value is -0.610. The molecule has 1 atom stereocenters. The molecule has 4 nitrogen and oxygen atoms in total. The van der Waals surface area contributed by atoms with Crippen LogP contribution in [0.4, 0.5) is 0 Å². The van der Waals surface area contributed by atoms with E-state index in [0.717, 1.165) is 32.6 Å². The first-order valence-corrected chi connectivity index (χ1v) is 5.84. The molecule has 15 heavy (non-hydrogen) atoms. The van der Waals surface area contributed by atoms with Gasteiger partial charge in [-0.25, -0.2) is 0 Å². The van der Waals surface area contributed by atoms with Crippen LogP contribution >= 0.6 is 0 Å². The van der Waals surface area contributed by atoms with E-state index in [0.29, 0.717) is 12.6 Å². The van der Waals surface area contributed by atoms with Crippen LogP contribution in [0.2, 0.25) is 0 Å². The maximum atomic E-state index is 11.9. The van der Waals surface area contributed by atoms with E-state index in [-0.39, 0.29) is 5.91 Å². The first kappa shape index (κ1) is 12.5. The summed E-state index contributed by atoms with van der Waals surface area (Å²) in [6.07, 6.45) is 1.08. The van der Waals surface area contributed by atoms with Crippen molar-refractivity contribution in [2.45, 2.75) is 26.3 Å². The molecule has 1 rings (SSSR count). The van der Waals surface area contributed by atoms with Gasteiger partial charge in [-0.2, -0.15) is 0 Å². The van der Waals surface area contributed by atoms with Gasteiger partial charge in [0.2, 0.25) is 5.91 Å². The molecule has 1 heterocycles. The van der Waals surface area contributed by atoms with Crippen molar-refractivity contribution in [1.29, 1.82) is 0 Å². The van der Waals surface area contributed by atoms with Gasteiger partial charge in [0.25, 0.3) is 0 Å². The lowest BCUT2D eigenvalue weighted by Crippen LogP contribution is -2.45. The molecule has 1 N–H and O–H groups in total. The van der Waals surface area contributed by atoms with Crippen LogP contribution in [0.1, 0.15) is 20.3 Å². The third kappa shape index (κ3) is 3.80. The number of carbonyl (C=O) groups is 1. The fourth-order valence-corrected chi connectivity index (χ4v) is 2.08. The Kier molecular flexibility index (Phi) is 5.05. The summed E-state index contributed by atoms with van der Waals surface area (Å²) in [4.78, 5) is 16.2. The highest BCUT2D eigenvalue weighted by Gasteiger charge is 2.23. The molecule has 1 unspecified atom stereocenters. The highest BCUT2D eigenvalue weighted by atomic mass is 16.2. The van der Waals surface area contributed by atoms with Crippen LogP contribution in [0.15, 0.2) is 0 Å². The minimum Gasteiger partial charge on any atom is -0.338 e. The van der Waals surface area contributed by atoms with Crippen LogP contribution in [0.25, 0.3) is 0 Å². The van der Waals surface area contributed by atoms with Crippen molar-refractivity contribution in [2.24, 2.45) is 0 Å². The lowest BCUT2D eigenvalue weighted by Gasteiger charge is -2.28. The summed E-state index contributed by atoms with van der Waals surface area (Å²) in [6.45, 7) is 8.46. The van der Waals surface area contributed by atoms with Crippen molar-refractivity contribution in [3.8, 4) is 0 Å². The predicted molar refractivity (Wildman–Crippen MR) is 61.8 cm³/mol. The molecule has 1 saturated heterocycles. The number of hydrogen-bond acceptors (Lipinski definition) is 3. The second kappa shape index (κ2) is 6.08. The fourth-order valence-electron chi connectivity index (χ4n) is 2.08. The molecule has 1 amide bonds. The molecule has 0 saturated carbocycles. The largest absolute Gasteiger partial charge is 0.338 e. The second-order valence-corrected chi connectivity index (χ2v) is 4.33. The average Bonchev–Trinajstić information content (AvgIpc) is 2.35. The molecule has 4 heteroatoms. The van der Waals surface area contributed by atoms with E-state index < -0.39 is 0 Å². The number of nitrogens with one attached hydrogen (secondary N) is 1. The minimum atomic E-state index is 0.236. The van der Waals surface area contributed by atoms with E-state index in [2.05, 4.69) is 24.2 Å². The standard InChI is InChI=1S/C11H23N3O/c1-4-12-8-11(15)14-7-5-6-13(3)9-10(14)2/h10,12H,4-9H2,1-3H3.